The van der Waals surface area contributed by atoms with E-state index in [2.05, 4.69) is 43.1 Å². The fourth-order valence-corrected chi connectivity index (χ4v) is 2.37. The summed E-state index contributed by atoms with van der Waals surface area (Å²) in [7, 11) is 2.03. The van der Waals surface area contributed by atoms with Gasteiger partial charge in [-0.25, -0.2) is 4.98 Å². The fraction of sp³-hybridized carbons (Fsp3) is 0.364. The zero-order chi connectivity index (χ0) is 10.4. The summed E-state index contributed by atoms with van der Waals surface area (Å²) < 4.78 is 3.20. The maximum Gasteiger partial charge on any atom is 0.126 e. The highest BCUT2D eigenvalue weighted by atomic mass is 79.9. The third-order valence-electron chi connectivity index (χ3n) is 2.76. The van der Waals surface area contributed by atoms with E-state index in [9.17, 15) is 0 Å². The maximum atomic E-state index is 4.41. The van der Waals surface area contributed by atoms with Gasteiger partial charge in [-0.1, -0.05) is 0 Å². The fourth-order valence-electron chi connectivity index (χ4n) is 1.75. The Kier molecular flexibility index (Phi) is 1.99. The summed E-state index contributed by atoms with van der Waals surface area (Å²) in [5, 5.41) is 4.62. The molecule has 78 valence electrons. The van der Waals surface area contributed by atoms with Crippen molar-refractivity contribution in [2.45, 2.75) is 18.9 Å². The predicted molar refractivity (Wildman–Crippen MR) is 65.1 cm³/mol. The summed E-state index contributed by atoms with van der Waals surface area (Å²) in [5.41, 5.74) is 1.16. The molecule has 15 heavy (non-hydrogen) atoms. The van der Waals surface area contributed by atoms with E-state index in [0.29, 0.717) is 6.04 Å². The molecule has 0 radical (unpaired) electrons. The predicted octanol–water partition coefficient (Wildman–Crippen LogP) is 2.91. The highest BCUT2D eigenvalue weighted by Crippen LogP contribution is 2.29. The van der Waals surface area contributed by atoms with Crippen molar-refractivity contribution in [2.75, 3.05) is 5.32 Å². The SMILES string of the molecule is Cn1cc(Br)c2cc(NC3CC3)ncc21. The molecule has 0 atom stereocenters. The van der Waals surface area contributed by atoms with Crippen LogP contribution in [0.25, 0.3) is 10.9 Å². The summed E-state index contributed by atoms with van der Waals surface area (Å²) in [4.78, 5) is 4.41. The largest absolute Gasteiger partial charge is 0.367 e. The first-order valence-electron chi connectivity index (χ1n) is 5.11. The summed E-state index contributed by atoms with van der Waals surface area (Å²) in [5.74, 6) is 0.983. The number of hydrogen-bond acceptors (Lipinski definition) is 2. The Hall–Kier alpha value is -1.03. The van der Waals surface area contributed by atoms with Gasteiger partial charge in [0, 0.05) is 29.1 Å². The Bertz CT molecular complexity index is 514. The van der Waals surface area contributed by atoms with Gasteiger partial charge in [0.2, 0.25) is 0 Å². The Labute approximate surface area is 96.6 Å². The number of anilines is 1. The molecule has 0 bridgehead atoms. The molecule has 2 aromatic heterocycles. The molecule has 3 rings (SSSR count). The number of hydrogen-bond donors (Lipinski definition) is 1. The van der Waals surface area contributed by atoms with Crippen molar-refractivity contribution >= 4 is 32.7 Å². The van der Waals surface area contributed by atoms with Gasteiger partial charge in [0.15, 0.2) is 0 Å². The highest BCUT2D eigenvalue weighted by Gasteiger charge is 2.21. The van der Waals surface area contributed by atoms with Gasteiger partial charge in [0.1, 0.15) is 5.82 Å². The summed E-state index contributed by atoms with van der Waals surface area (Å²) in [6.07, 6.45) is 6.53. The second-order valence-corrected chi connectivity index (χ2v) is 4.95. The molecule has 1 saturated carbocycles. The summed E-state index contributed by atoms with van der Waals surface area (Å²) >= 11 is 3.56. The van der Waals surface area contributed by atoms with Gasteiger partial charge in [-0.3, -0.25) is 0 Å². The van der Waals surface area contributed by atoms with Gasteiger partial charge < -0.3 is 9.88 Å². The van der Waals surface area contributed by atoms with Gasteiger partial charge in [-0.05, 0) is 34.8 Å². The average Bonchev–Trinajstić information content (AvgIpc) is 2.96. The van der Waals surface area contributed by atoms with Crippen LogP contribution in [0.3, 0.4) is 0 Å². The third kappa shape index (κ3) is 1.63. The van der Waals surface area contributed by atoms with E-state index < -0.39 is 0 Å². The van der Waals surface area contributed by atoms with Crippen LogP contribution in [0.4, 0.5) is 5.82 Å². The molecule has 3 nitrogen and oxygen atoms in total. The van der Waals surface area contributed by atoms with Crippen molar-refractivity contribution in [1.29, 1.82) is 0 Å². The molecular formula is C11H12BrN3. The lowest BCUT2D eigenvalue weighted by atomic mass is 10.3. The first-order valence-corrected chi connectivity index (χ1v) is 5.90. The van der Waals surface area contributed by atoms with Crippen LogP contribution in [-0.4, -0.2) is 15.6 Å². The molecule has 0 amide bonds. The molecule has 0 spiro atoms. The Morgan fingerprint density at radius 1 is 1.53 bits per heavy atom. The Morgan fingerprint density at radius 2 is 2.33 bits per heavy atom. The van der Waals surface area contributed by atoms with E-state index in [4.69, 9.17) is 0 Å². The van der Waals surface area contributed by atoms with Crippen molar-refractivity contribution in [1.82, 2.24) is 9.55 Å². The van der Waals surface area contributed by atoms with Crippen LogP contribution in [0.15, 0.2) is 22.9 Å². The molecule has 0 aromatic carbocycles. The second kappa shape index (κ2) is 3.23. The molecule has 1 aliphatic carbocycles. The average molecular weight is 266 g/mol. The molecule has 0 unspecified atom stereocenters. The molecule has 0 aliphatic heterocycles. The topological polar surface area (TPSA) is 29.9 Å². The Morgan fingerprint density at radius 3 is 3.07 bits per heavy atom. The molecule has 1 aliphatic rings. The minimum absolute atomic E-state index is 0.650. The molecule has 0 saturated heterocycles. The summed E-state index contributed by atoms with van der Waals surface area (Å²) in [6.45, 7) is 0. The van der Waals surface area contributed by atoms with Crippen molar-refractivity contribution in [3.63, 3.8) is 0 Å². The number of rotatable bonds is 2. The lowest BCUT2D eigenvalue weighted by Gasteiger charge is -2.03. The molecular weight excluding hydrogens is 254 g/mol. The van der Waals surface area contributed by atoms with E-state index in [1.54, 1.807) is 0 Å². The standard InChI is InChI=1S/C11H12BrN3/c1-15-6-9(12)8-4-11(13-5-10(8)15)14-7-2-3-7/h4-7H,2-3H2,1H3,(H,13,14). The van der Waals surface area contributed by atoms with Crippen LogP contribution in [0, 0.1) is 0 Å². The Balaban J connectivity index is 2.07. The highest BCUT2D eigenvalue weighted by molar-refractivity contribution is 9.10. The van der Waals surface area contributed by atoms with Crippen molar-refractivity contribution in [3.8, 4) is 0 Å². The molecule has 2 aromatic rings. The number of halogens is 1. The maximum absolute atomic E-state index is 4.41. The van der Waals surface area contributed by atoms with E-state index in [-0.39, 0.29) is 0 Å². The van der Waals surface area contributed by atoms with Crippen LogP contribution in [0.2, 0.25) is 0 Å². The minimum atomic E-state index is 0.650. The monoisotopic (exact) mass is 265 g/mol. The molecule has 2 heterocycles. The van der Waals surface area contributed by atoms with Crippen LogP contribution >= 0.6 is 15.9 Å². The van der Waals surface area contributed by atoms with Gasteiger partial charge in [0.25, 0.3) is 0 Å². The van der Waals surface area contributed by atoms with Gasteiger partial charge in [-0.2, -0.15) is 0 Å². The smallest absolute Gasteiger partial charge is 0.126 e. The number of pyridine rings is 1. The van der Waals surface area contributed by atoms with Crippen molar-refractivity contribution in [2.24, 2.45) is 7.05 Å². The van der Waals surface area contributed by atoms with Crippen LogP contribution in [-0.2, 0) is 7.05 Å². The van der Waals surface area contributed by atoms with Gasteiger partial charge in [0.05, 0.1) is 11.7 Å². The minimum Gasteiger partial charge on any atom is -0.367 e. The number of fused-ring (bicyclic) bond motifs is 1. The van der Waals surface area contributed by atoms with Crippen LogP contribution in [0.5, 0.6) is 0 Å². The van der Waals surface area contributed by atoms with E-state index in [1.807, 2.05) is 13.2 Å². The van der Waals surface area contributed by atoms with Crippen LogP contribution < -0.4 is 5.32 Å². The normalized spacial score (nSPS) is 15.9. The zero-order valence-electron chi connectivity index (χ0n) is 8.50. The van der Waals surface area contributed by atoms with Gasteiger partial charge in [-0.15, -0.1) is 0 Å². The number of nitrogens with one attached hydrogen (secondary N) is 1. The van der Waals surface area contributed by atoms with Gasteiger partial charge >= 0.3 is 0 Å². The number of aryl methyl sites for hydroxylation is 1. The summed E-state index contributed by atoms with van der Waals surface area (Å²) in [6, 6.07) is 2.76. The molecule has 4 heteroatoms. The lowest BCUT2D eigenvalue weighted by molar-refractivity contribution is 0.962. The first kappa shape index (κ1) is 9.21. The van der Waals surface area contributed by atoms with Crippen molar-refractivity contribution in [3.05, 3.63) is 22.9 Å². The zero-order valence-corrected chi connectivity index (χ0v) is 10.1. The van der Waals surface area contributed by atoms with E-state index in [1.165, 1.54) is 18.2 Å². The lowest BCUT2D eigenvalue weighted by Crippen LogP contribution is -2.02. The van der Waals surface area contributed by atoms with E-state index >= 15 is 0 Å². The van der Waals surface area contributed by atoms with Crippen molar-refractivity contribution < 1.29 is 0 Å². The molecule has 1 fully saturated rings. The van der Waals surface area contributed by atoms with Crippen LogP contribution in [0.1, 0.15) is 12.8 Å². The third-order valence-corrected chi connectivity index (χ3v) is 3.39. The quantitative estimate of drug-likeness (QED) is 0.905. The molecule has 1 N–H and O–H groups in total. The first-order chi connectivity index (χ1) is 7.24. The number of aromatic nitrogens is 2. The number of nitrogens with zero attached hydrogens (tertiary/aromatic N) is 2. The van der Waals surface area contributed by atoms with E-state index in [0.717, 1.165) is 15.8 Å². The second-order valence-electron chi connectivity index (χ2n) is 4.09.